The van der Waals surface area contributed by atoms with Crippen LogP contribution in [0.2, 0.25) is 5.02 Å². The lowest BCUT2D eigenvalue weighted by Gasteiger charge is -2.40. The molecule has 33 heavy (non-hydrogen) atoms. The van der Waals surface area contributed by atoms with E-state index in [0.29, 0.717) is 29.8 Å². The summed E-state index contributed by atoms with van der Waals surface area (Å²) in [7, 11) is 0. The van der Waals surface area contributed by atoms with Gasteiger partial charge in [-0.05, 0) is 48.9 Å². The van der Waals surface area contributed by atoms with Gasteiger partial charge in [-0.1, -0.05) is 17.7 Å². The second kappa shape index (κ2) is 8.40. The molecule has 3 unspecified atom stereocenters. The first kappa shape index (κ1) is 21.8. The Morgan fingerprint density at radius 3 is 2.67 bits per heavy atom. The molecule has 3 N–H and O–H groups in total. The molecular weight excluding hydrogens is 451 g/mol. The molecule has 5 rings (SSSR count). The van der Waals surface area contributed by atoms with Crippen LogP contribution in [0.3, 0.4) is 0 Å². The van der Waals surface area contributed by atoms with Crippen molar-refractivity contribution in [1.82, 2.24) is 15.1 Å². The van der Waals surface area contributed by atoms with E-state index in [0.717, 1.165) is 0 Å². The molecule has 0 aromatic heterocycles. The predicted molar refractivity (Wildman–Crippen MR) is 119 cm³/mol. The molecule has 3 atom stereocenters. The second-order valence-corrected chi connectivity index (χ2v) is 8.90. The maximum Gasteiger partial charge on any atom is 0.256 e. The minimum Gasteiger partial charge on any atom is -0.391 e. The summed E-state index contributed by atoms with van der Waals surface area (Å²) in [6.45, 7) is 1.00. The number of carbonyl (C=O) groups is 3. The molecule has 3 amide bonds. The summed E-state index contributed by atoms with van der Waals surface area (Å²) in [5, 5.41) is 16.1. The van der Waals surface area contributed by atoms with E-state index in [4.69, 9.17) is 11.6 Å². The van der Waals surface area contributed by atoms with Gasteiger partial charge in [-0.25, -0.2) is 4.39 Å². The predicted octanol–water partition coefficient (Wildman–Crippen LogP) is 1.47. The topological polar surface area (TPSA) is 102 Å². The number of hydrogen-bond acceptors (Lipinski definition) is 5. The maximum atomic E-state index is 14.4. The molecule has 2 aromatic rings. The van der Waals surface area contributed by atoms with Gasteiger partial charge in [0.15, 0.2) is 0 Å². The first-order valence-corrected chi connectivity index (χ1v) is 11.1. The van der Waals surface area contributed by atoms with Crippen LogP contribution >= 0.6 is 11.6 Å². The molecule has 0 spiro atoms. The first-order valence-electron chi connectivity index (χ1n) is 10.7. The fourth-order valence-electron chi connectivity index (χ4n) is 4.68. The normalized spacial score (nSPS) is 24.8. The van der Waals surface area contributed by atoms with Crippen molar-refractivity contribution in [1.29, 1.82) is 0 Å². The van der Waals surface area contributed by atoms with Crippen molar-refractivity contribution in [3.63, 3.8) is 0 Å². The van der Waals surface area contributed by atoms with Crippen LogP contribution in [0, 0.1) is 5.82 Å². The van der Waals surface area contributed by atoms with Crippen LogP contribution in [-0.4, -0.2) is 77.0 Å². The molecule has 0 aliphatic carbocycles. The van der Waals surface area contributed by atoms with Crippen molar-refractivity contribution in [3.05, 3.63) is 52.8 Å². The van der Waals surface area contributed by atoms with Crippen LogP contribution in [0.4, 0.5) is 10.1 Å². The Morgan fingerprint density at radius 1 is 1.12 bits per heavy atom. The third kappa shape index (κ3) is 3.86. The van der Waals surface area contributed by atoms with E-state index >= 15 is 0 Å². The summed E-state index contributed by atoms with van der Waals surface area (Å²) in [6.07, 6.45) is -0.277. The summed E-state index contributed by atoms with van der Waals surface area (Å²) < 4.78 is 14.4. The molecule has 3 heterocycles. The van der Waals surface area contributed by atoms with Gasteiger partial charge in [-0.3, -0.25) is 14.4 Å². The van der Waals surface area contributed by atoms with E-state index in [1.165, 1.54) is 21.9 Å². The number of aliphatic hydroxyl groups excluding tert-OH is 1. The van der Waals surface area contributed by atoms with E-state index < -0.39 is 29.9 Å². The van der Waals surface area contributed by atoms with Gasteiger partial charge in [0.05, 0.1) is 23.9 Å². The number of rotatable bonds is 2. The summed E-state index contributed by atoms with van der Waals surface area (Å²) in [5.41, 5.74) is 1.37. The quantitative estimate of drug-likeness (QED) is 0.614. The Kier molecular flexibility index (Phi) is 5.55. The molecule has 2 aromatic carbocycles. The van der Waals surface area contributed by atoms with Crippen LogP contribution < -0.4 is 10.6 Å². The van der Waals surface area contributed by atoms with E-state index in [1.807, 2.05) is 0 Å². The SMILES string of the molecule is O=C1Nc2ccc(-c3ccc(Cl)cc3F)cc2C(=O)N2CCN(C(=O)C3NCCC3O)CC12. The Bertz CT molecular complexity index is 1160. The summed E-state index contributed by atoms with van der Waals surface area (Å²) in [4.78, 5) is 42.2. The summed E-state index contributed by atoms with van der Waals surface area (Å²) in [5.74, 6) is -1.55. The molecule has 3 aliphatic rings. The zero-order chi connectivity index (χ0) is 23.3. The highest BCUT2D eigenvalue weighted by molar-refractivity contribution is 6.30. The van der Waals surface area contributed by atoms with Crippen LogP contribution in [0.15, 0.2) is 36.4 Å². The fraction of sp³-hybridized carbons (Fsp3) is 0.348. The van der Waals surface area contributed by atoms with Gasteiger partial charge in [-0.15, -0.1) is 0 Å². The number of hydrogen-bond donors (Lipinski definition) is 3. The van der Waals surface area contributed by atoms with Crippen LogP contribution in [0.25, 0.3) is 11.1 Å². The number of aliphatic hydroxyl groups is 1. The highest BCUT2D eigenvalue weighted by atomic mass is 35.5. The third-order valence-electron chi connectivity index (χ3n) is 6.46. The minimum absolute atomic E-state index is 0.0357. The van der Waals surface area contributed by atoms with Gasteiger partial charge in [-0.2, -0.15) is 0 Å². The average Bonchev–Trinajstić information content (AvgIpc) is 3.20. The van der Waals surface area contributed by atoms with Crippen molar-refractivity contribution in [2.75, 3.05) is 31.5 Å². The number of nitrogens with zero attached hydrogens (tertiary/aromatic N) is 2. The maximum absolute atomic E-state index is 14.4. The summed E-state index contributed by atoms with van der Waals surface area (Å²) in [6, 6.07) is 7.51. The highest BCUT2D eigenvalue weighted by Crippen LogP contribution is 2.32. The standard InChI is InChI=1S/C23H22ClFN4O4/c24-13-2-3-14(16(25)10-13)12-1-4-17-15(9-12)22(32)29-8-7-28(11-18(29)21(31)27-17)23(33)20-19(30)5-6-26-20/h1-4,9-10,18-20,26,30H,5-8,11H2,(H,27,31). The molecule has 172 valence electrons. The Labute approximate surface area is 194 Å². The number of halogens is 2. The molecule has 2 saturated heterocycles. The molecule has 0 bridgehead atoms. The number of benzene rings is 2. The van der Waals surface area contributed by atoms with Crippen LogP contribution in [0.5, 0.6) is 0 Å². The van der Waals surface area contributed by atoms with Gasteiger partial charge < -0.3 is 25.5 Å². The molecule has 2 fully saturated rings. The molecule has 10 heteroatoms. The van der Waals surface area contributed by atoms with Crippen molar-refractivity contribution < 1.29 is 23.9 Å². The third-order valence-corrected chi connectivity index (χ3v) is 6.70. The summed E-state index contributed by atoms with van der Waals surface area (Å²) >= 11 is 5.85. The molecule has 0 saturated carbocycles. The number of amides is 3. The Morgan fingerprint density at radius 2 is 1.94 bits per heavy atom. The van der Waals surface area contributed by atoms with Gasteiger partial charge in [0.1, 0.15) is 17.9 Å². The number of fused-ring (bicyclic) bond motifs is 2. The zero-order valence-corrected chi connectivity index (χ0v) is 18.3. The van der Waals surface area contributed by atoms with Crippen molar-refractivity contribution in [2.24, 2.45) is 0 Å². The smallest absolute Gasteiger partial charge is 0.256 e. The number of nitrogens with one attached hydrogen (secondary N) is 2. The van der Waals surface area contributed by atoms with Gasteiger partial charge in [0.2, 0.25) is 11.8 Å². The van der Waals surface area contributed by atoms with Crippen LogP contribution in [0.1, 0.15) is 16.8 Å². The van der Waals surface area contributed by atoms with Gasteiger partial charge in [0, 0.05) is 23.7 Å². The van der Waals surface area contributed by atoms with Crippen molar-refractivity contribution >= 4 is 35.0 Å². The zero-order valence-electron chi connectivity index (χ0n) is 17.6. The van der Waals surface area contributed by atoms with E-state index in [1.54, 1.807) is 24.3 Å². The molecular formula is C23H22ClFN4O4. The van der Waals surface area contributed by atoms with E-state index in [9.17, 15) is 23.9 Å². The van der Waals surface area contributed by atoms with E-state index in [-0.39, 0.29) is 42.0 Å². The average molecular weight is 473 g/mol. The fourth-order valence-corrected chi connectivity index (χ4v) is 4.84. The van der Waals surface area contributed by atoms with Crippen LogP contribution in [-0.2, 0) is 9.59 Å². The van der Waals surface area contributed by atoms with E-state index in [2.05, 4.69) is 10.6 Å². The molecule has 3 aliphatic heterocycles. The lowest BCUT2D eigenvalue weighted by molar-refractivity contribution is -0.139. The number of anilines is 1. The second-order valence-electron chi connectivity index (χ2n) is 8.46. The van der Waals surface area contributed by atoms with Crippen molar-refractivity contribution in [2.45, 2.75) is 24.6 Å². The number of piperazine rings is 1. The van der Waals surface area contributed by atoms with Crippen molar-refractivity contribution in [3.8, 4) is 11.1 Å². The number of carbonyl (C=O) groups excluding carboxylic acids is 3. The minimum atomic E-state index is -0.864. The Balaban J connectivity index is 1.42. The van der Waals surface area contributed by atoms with Gasteiger partial charge >= 0.3 is 0 Å². The lowest BCUT2D eigenvalue weighted by atomic mass is 10.0. The highest BCUT2D eigenvalue weighted by Gasteiger charge is 2.43. The molecule has 0 radical (unpaired) electrons. The Hall–Kier alpha value is -3.01. The molecule has 8 nitrogen and oxygen atoms in total. The largest absolute Gasteiger partial charge is 0.391 e. The van der Waals surface area contributed by atoms with Gasteiger partial charge in [0.25, 0.3) is 5.91 Å². The first-order chi connectivity index (χ1) is 15.8. The lowest BCUT2D eigenvalue weighted by Crippen LogP contribution is -2.62. The monoisotopic (exact) mass is 472 g/mol.